The summed E-state index contributed by atoms with van der Waals surface area (Å²) < 4.78 is 28.3. The Labute approximate surface area is 123 Å². The molecule has 0 bridgehead atoms. The lowest BCUT2D eigenvalue weighted by atomic mass is 10.2. The molecule has 3 rings (SSSR count). The van der Waals surface area contributed by atoms with Crippen LogP contribution in [-0.4, -0.2) is 50.8 Å². The van der Waals surface area contributed by atoms with Gasteiger partial charge in [0.05, 0.1) is 12.1 Å². The summed E-state index contributed by atoms with van der Waals surface area (Å²) in [6.45, 7) is 0.0136. The Bertz CT molecular complexity index is 709. The van der Waals surface area contributed by atoms with E-state index in [2.05, 4.69) is 4.98 Å². The van der Waals surface area contributed by atoms with E-state index >= 15 is 0 Å². The van der Waals surface area contributed by atoms with E-state index in [1.807, 2.05) is 0 Å². The van der Waals surface area contributed by atoms with Gasteiger partial charge in [0.15, 0.2) is 0 Å². The average molecular weight is 334 g/mol. The predicted molar refractivity (Wildman–Crippen MR) is 71.4 cm³/mol. The molecule has 2 unspecified atom stereocenters. The molecular formula is C11H15N2O8P. The molecule has 1 saturated heterocycles. The van der Waals surface area contributed by atoms with Crippen LogP contribution in [0.15, 0.2) is 21.9 Å². The van der Waals surface area contributed by atoms with Gasteiger partial charge in [-0.2, -0.15) is 0 Å². The summed E-state index contributed by atoms with van der Waals surface area (Å²) in [5, 5.41) is 0. The fourth-order valence-electron chi connectivity index (χ4n) is 2.86. The number of hydrogen-bond acceptors (Lipinski definition) is 6. The maximum absolute atomic E-state index is 11.9. The van der Waals surface area contributed by atoms with Crippen LogP contribution in [0.4, 0.5) is 0 Å². The molecule has 122 valence electrons. The molecule has 11 heteroatoms. The van der Waals surface area contributed by atoms with Gasteiger partial charge < -0.3 is 24.0 Å². The number of nitrogens with one attached hydrogen (secondary N) is 1. The Hall–Kier alpha value is -1.29. The average Bonchev–Trinajstić information content (AvgIpc) is 2.98. The normalized spacial score (nSPS) is 31.4. The summed E-state index contributed by atoms with van der Waals surface area (Å²) in [5.74, 6) is 0. The van der Waals surface area contributed by atoms with Gasteiger partial charge >= 0.3 is 13.3 Å². The summed E-state index contributed by atoms with van der Waals surface area (Å²) >= 11 is 0. The van der Waals surface area contributed by atoms with Gasteiger partial charge in [0, 0.05) is 12.3 Å². The van der Waals surface area contributed by atoms with E-state index in [1.54, 1.807) is 0 Å². The van der Waals surface area contributed by atoms with Gasteiger partial charge in [-0.05, 0) is 6.42 Å². The van der Waals surface area contributed by atoms with Crippen molar-refractivity contribution in [3.05, 3.63) is 33.1 Å². The zero-order valence-corrected chi connectivity index (χ0v) is 12.2. The zero-order valence-electron chi connectivity index (χ0n) is 11.3. The van der Waals surface area contributed by atoms with Crippen LogP contribution in [0, 0.1) is 0 Å². The monoisotopic (exact) mass is 334 g/mol. The summed E-state index contributed by atoms with van der Waals surface area (Å²) in [6.07, 6.45) is -0.695. The highest BCUT2D eigenvalue weighted by Gasteiger charge is 2.50. The minimum absolute atomic E-state index is 0.0136. The van der Waals surface area contributed by atoms with Gasteiger partial charge in [-0.3, -0.25) is 18.9 Å². The topological polar surface area (TPSA) is 140 Å². The molecule has 2 fully saturated rings. The van der Waals surface area contributed by atoms with Crippen molar-refractivity contribution in [1.29, 1.82) is 0 Å². The molecule has 0 amide bonds. The number of hydrogen-bond donors (Lipinski definition) is 3. The molecule has 22 heavy (non-hydrogen) atoms. The minimum atomic E-state index is -4.30. The molecule has 0 aromatic carbocycles. The molecule has 3 N–H and O–H groups in total. The Kier molecular flexibility index (Phi) is 4.06. The van der Waals surface area contributed by atoms with Crippen LogP contribution in [0.2, 0.25) is 0 Å². The van der Waals surface area contributed by atoms with Crippen LogP contribution in [0.5, 0.6) is 0 Å². The second-order valence-electron chi connectivity index (χ2n) is 5.20. The predicted octanol–water partition coefficient (Wildman–Crippen LogP) is -1.26. The van der Waals surface area contributed by atoms with E-state index in [-0.39, 0.29) is 13.2 Å². The first-order chi connectivity index (χ1) is 10.3. The summed E-state index contributed by atoms with van der Waals surface area (Å²) in [5.41, 5.74) is -1.09. The number of ether oxygens (including phenoxy) is 3. The van der Waals surface area contributed by atoms with Crippen molar-refractivity contribution >= 4 is 7.60 Å². The van der Waals surface area contributed by atoms with Gasteiger partial charge in [-0.15, -0.1) is 0 Å². The van der Waals surface area contributed by atoms with Crippen LogP contribution in [0.25, 0.3) is 0 Å². The fraction of sp³-hybridized carbons (Fsp3) is 0.636. The zero-order chi connectivity index (χ0) is 15.9. The van der Waals surface area contributed by atoms with Crippen LogP contribution >= 0.6 is 7.60 Å². The van der Waals surface area contributed by atoms with Crippen molar-refractivity contribution < 1.29 is 28.6 Å². The SMILES string of the molecule is O=c1ccn([C@@H]2C[C@H](OCP(=O)(O)O)C3OCOC32)c(=O)[nH]1. The molecular weight excluding hydrogens is 319 g/mol. The summed E-state index contributed by atoms with van der Waals surface area (Å²) in [6, 6.07) is 0.773. The van der Waals surface area contributed by atoms with E-state index < -0.39 is 49.5 Å². The number of aromatic nitrogens is 2. The first-order valence-corrected chi connectivity index (χ1v) is 8.36. The second kappa shape index (κ2) is 5.73. The maximum atomic E-state index is 11.9. The molecule has 1 saturated carbocycles. The summed E-state index contributed by atoms with van der Waals surface area (Å²) in [7, 11) is -4.30. The smallest absolute Gasteiger partial charge is 0.350 e. The molecule has 1 aromatic rings. The molecule has 10 nitrogen and oxygen atoms in total. The van der Waals surface area contributed by atoms with Crippen molar-refractivity contribution in [3.8, 4) is 0 Å². The van der Waals surface area contributed by atoms with Crippen molar-refractivity contribution in [2.24, 2.45) is 0 Å². The minimum Gasteiger partial charge on any atom is -0.363 e. The Morgan fingerprint density at radius 3 is 2.77 bits per heavy atom. The van der Waals surface area contributed by atoms with Crippen molar-refractivity contribution in [3.63, 3.8) is 0 Å². The highest BCUT2D eigenvalue weighted by atomic mass is 31.2. The third-order valence-electron chi connectivity index (χ3n) is 3.73. The highest BCUT2D eigenvalue weighted by Crippen LogP contribution is 2.42. The number of fused-ring (bicyclic) bond motifs is 1. The lowest BCUT2D eigenvalue weighted by molar-refractivity contribution is -0.0381. The van der Waals surface area contributed by atoms with Crippen molar-refractivity contribution in [2.45, 2.75) is 30.8 Å². The molecule has 0 radical (unpaired) electrons. The van der Waals surface area contributed by atoms with Crippen LogP contribution in [0.1, 0.15) is 12.5 Å². The van der Waals surface area contributed by atoms with E-state index in [4.69, 9.17) is 24.0 Å². The highest BCUT2D eigenvalue weighted by molar-refractivity contribution is 7.51. The Balaban J connectivity index is 1.83. The second-order valence-corrected chi connectivity index (χ2v) is 6.79. The molecule has 1 aliphatic carbocycles. The van der Waals surface area contributed by atoms with Crippen LogP contribution < -0.4 is 11.2 Å². The van der Waals surface area contributed by atoms with Gasteiger partial charge in [-0.1, -0.05) is 0 Å². The molecule has 1 aromatic heterocycles. The number of aromatic amines is 1. The van der Waals surface area contributed by atoms with Gasteiger partial charge in [0.2, 0.25) is 0 Å². The van der Waals surface area contributed by atoms with Gasteiger partial charge in [0.25, 0.3) is 5.56 Å². The largest absolute Gasteiger partial charge is 0.363 e. The first-order valence-electron chi connectivity index (χ1n) is 6.56. The van der Waals surface area contributed by atoms with E-state index in [0.29, 0.717) is 0 Å². The number of nitrogens with zero attached hydrogens (tertiary/aromatic N) is 1. The molecule has 2 aliphatic rings. The Morgan fingerprint density at radius 2 is 2.09 bits per heavy atom. The van der Waals surface area contributed by atoms with E-state index in [9.17, 15) is 14.2 Å². The molecule has 0 spiro atoms. The summed E-state index contributed by atoms with van der Waals surface area (Å²) in [4.78, 5) is 43.0. The lowest BCUT2D eigenvalue weighted by Crippen LogP contribution is -2.36. The molecule has 1 aliphatic heterocycles. The standard InChI is InChI=1S/C11H15N2O8P/c14-8-1-2-13(11(15)12-8)6-3-7(21-5-22(16,17)18)10-9(6)19-4-20-10/h1-2,6-7,9-10H,3-5H2,(H,12,14,15)(H2,16,17,18)/t6-,7+,9?,10?/m1/s1. The lowest BCUT2D eigenvalue weighted by Gasteiger charge is -2.18. The maximum Gasteiger partial charge on any atom is 0.350 e. The number of H-pyrrole nitrogens is 1. The van der Waals surface area contributed by atoms with E-state index in [0.717, 1.165) is 0 Å². The van der Waals surface area contributed by atoms with Crippen LogP contribution in [-0.2, 0) is 18.8 Å². The van der Waals surface area contributed by atoms with Gasteiger partial charge in [-0.25, -0.2) is 4.79 Å². The van der Waals surface area contributed by atoms with E-state index in [1.165, 1.54) is 16.8 Å². The quantitative estimate of drug-likeness (QED) is 0.580. The van der Waals surface area contributed by atoms with Crippen molar-refractivity contribution in [2.75, 3.05) is 13.1 Å². The third-order valence-corrected chi connectivity index (χ3v) is 4.21. The molecule has 2 heterocycles. The third kappa shape index (κ3) is 3.07. The number of rotatable bonds is 4. The fourth-order valence-corrected chi connectivity index (χ4v) is 3.24. The van der Waals surface area contributed by atoms with Crippen molar-refractivity contribution in [1.82, 2.24) is 9.55 Å². The van der Waals surface area contributed by atoms with Gasteiger partial charge in [0.1, 0.15) is 25.3 Å². The molecule has 4 atom stereocenters. The first kappa shape index (κ1) is 15.6. The van der Waals surface area contributed by atoms with Crippen LogP contribution in [0.3, 0.4) is 0 Å². The Morgan fingerprint density at radius 1 is 1.36 bits per heavy atom.